The van der Waals surface area contributed by atoms with E-state index in [2.05, 4.69) is 79.0 Å². The van der Waals surface area contributed by atoms with Gasteiger partial charge in [0.25, 0.3) is 0 Å². The smallest absolute Gasteiger partial charge is 0.309 e. The highest BCUT2D eigenvalue weighted by atomic mass is 16.4. The van der Waals surface area contributed by atoms with Crippen molar-refractivity contribution in [3.05, 3.63) is 83.9 Å². The molecule has 3 aromatic rings. The lowest BCUT2D eigenvalue weighted by Crippen LogP contribution is -2.32. The number of carbonyl (C=O) groups is 2. The van der Waals surface area contributed by atoms with Gasteiger partial charge in [-0.3, -0.25) is 9.59 Å². The predicted octanol–water partition coefficient (Wildman–Crippen LogP) is 6.01. The van der Waals surface area contributed by atoms with Gasteiger partial charge in [0, 0.05) is 38.0 Å². The first-order valence-corrected chi connectivity index (χ1v) is 13.0. The van der Waals surface area contributed by atoms with Crippen molar-refractivity contribution >= 4 is 22.6 Å². The fourth-order valence-electron chi connectivity index (χ4n) is 5.37. The summed E-state index contributed by atoms with van der Waals surface area (Å²) in [6.07, 6.45) is 1.48. The van der Waals surface area contributed by atoms with Gasteiger partial charge in [-0.15, -0.1) is 0 Å². The van der Waals surface area contributed by atoms with Gasteiger partial charge in [-0.05, 0) is 61.4 Å². The molecule has 0 aromatic heterocycles. The number of carboxylic acid groups (broad SMARTS) is 1. The number of hydrogen-bond acceptors (Lipinski definition) is 3. The van der Waals surface area contributed by atoms with E-state index < -0.39 is 11.4 Å². The van der Waals surface area contributed by atoms with E-state index in [4.69, 9.17) is 0 Å². The molecular formula is C31H38N2O3. The third-order valence-corrected chi connectivity index (χ3v) is 7.77. The van der Waals surface area contributed by atoms with Crippen LogP contribution in [-0.2, 0) is 9.59 Å². The van der Waals surface area contributed by atoms with E-state index in [1.54, 1.807) is 13.8 Å². The molecule has 5 heteroatoms. The molecule has 0 bridgehead atoms. The van der Waals surface area contributed by atoms with E-state index >= 15 is 0 Å². The van der Waals surface area contributed by atoms with Crippen LogP contribution in [0, 0.1) is 11.3 Å². The summed E-state index contributed by atoms with van der Waals surface area (Å²) in [5, 5.41) is 15.6. The number of nitrogens with one attached hydrogen (secondary N) is 1. The normalized spacial score (nSPS) is 18.9. The van der Waals surface area contributed by atoms with Crippen LogP contribution in [0.1, 0.15) is 63.1 Å². The van der Waals surface area contributed by atoms with E-state index in [1.807, 2.05) is 11.0 Å². The van der Waals surface area contributed by atoms with E-state index in [1.165, 1.54) is 21.9 Å². The average Bonchev–Trinajstić information content (AvgIpc) is 3.31. The van der Waals surface area contributed by atoms with Crippen LogP contribution in [0.2, 0.25) is 0 Å². The second-order valence-corrected chi connectivity index (χ2v) is 10.8. The Balaban J connectivity index is 1.43. The number of benzene rings is 3. The Kier molecular flexibility index (Phi) is 8.10. The molecule has 1 fully saturated rings. The molecule has 0 saturated carbocycles. The van der Waals surface area contributed by atoms with Gasteiger partial charge in [0.05, 0.1) is 5.41 Å². The molecule has 36 heavy (non-hydrogen) atoms. The molecule has 190 valence electrons. The number of carbonyl (C=O) groups excluding carboxylic acids is 1. The zero-order chi connectivity index (χ0) is 25.7. The Bertz CT molecular complexity index is 1190. The fourth-order valence-corrected chi connectivity index (χ4v) is 5.37. The van der Waals surface area contributed by atoms with Crippen molar-refractivity contribution in [2.75, 3.05) is 19.6 Å². The minimum Gasteiger partial charge on any atom is -0.481 e. The van der Waals surface area contributed by atoms with Crippen molar-refractivity contribution in [3.63, 3.8) is 0 Å². The number of aliphatic carboxylic acids is 1. The summed E-state index contributed by atoms with van der Waals surface area (Å²) >= 11 is 0. The van der Waals surface area contributed by atoms with E-state index in [0.29, 0.717) is 31.7 Å². The van der Waals surface area contributed by atoms with Crippen LogP contribution in [0.4, 0.5) is 0 Å². The number of nitrogens with zero attached hydrogens (tertiary/aromatic N) is 1. The fraction of sp³-hybridized carbons (Fsp3) is 0.419. The maximum absolute atomic E-state index is 13.1. The summed E-state index contributed by atoms with van der Waals surface area (Å²) in [7, 11) is 0. The lowest BCUT2D eigenvalue weighted by atomic mass is 9.87. The Hall–Kier alpha value is -3.18. The first-order chi connectivity index (χ1) is 17.3. The number of carboxylic acids is 1. The van der Waals surface area contributed by atoms with Gasteiger partial charge in [0.2, 0.25) is 5.91 Å². The molecule has 3 atom stereocenters. The molecule has 1 heterocycles. The Morgan fingerprint density at radius 2 is 1.69 bits per heavy atom. The van der Waals surface area contributed by atoms with Crippen molar-refractivity contribution in [2.24, 2.45) is 11.3 Å². The standard InChI is InChI=1S/C31H38N2O3/c1-22(26-16-9-14-23-13-7-8-15-27(23)26)32-19-25-20-33(21-28(25)24-11-5-4-6-12-24)29(34)17-10-18-31(2,3)30(35)36/h4-9,11-16,22,25,28,32H,10,17-21H2,1-3H3,(H,35,36)/t22-,25+,28-/m1/s1. The molecule has 1 amide bonds. The van der Waals surface area contributed by atoms with Gasteiger partial charge in [0.1, 0.15) is 0 Å². The summed E-state index contributed by atoms with van der Waals surface area (Å²) in [6, 6.07) is 25.6. The van der Waals surface area contributed by atoms with Gasteiger partial charge in [0.15, 0.2) is 0 Å². The van der Waals surface area contributed by atoms with Crippen LogP contribution >= 0.6 is 0 Å². The molecule has 0 radical (unpaired) electrons. The van der Waals surface area contributed by atoms with Crippen LogP contribution in [0.15, 0.2) is 72.8 Å². The number of fused-ring (bicyclic) bond motifs is 1. The van der Waals surface area contributed by atoms with Gasteiger partial charge < -0.3 is 15.3 Å². The minimum absolute atomic E-state index is 0.127. The second-order valence-electron chi connectivity index (χ2n) is 10.8. The third-order valence-electron chi connectivity index (χ3n) is 7.77. The van der Waals surface area contributed by atoms with Crippen LogP contribution < -0.4 is 5.32 Å². The average molecular weight is 487 g/mol. The Labute approximate surface area is 214 Å². The van der Waals surface area contributed by atoms with E-state index in [0.717, 1.165) is 13.1 Å². The summed E-state index contributed by atoms with van der Waals surface area (Å²) < 4.78 is 0. The molecule has 2 N–H and O–H groups in total. The van der Waals surface area contributed by atoms with Crippen molar-refractivity contribution in [3.8, 4) is 0 Å². The highest BCUT2D eigenvalue weighted by Gasteiger charge is 2.36. The van der Waals surface area contributed by atoms with Crippen LogP contribution in [0.25, 0.3) is 10.8 Å². The maximum Gasteiger partial charge on any atom is 0.309 e. The molecule has 5 nitrogen and oxygen atoms in total. The van der Waals surface area contributed by atoms with E-state index in [-0.39, 0.29) is 17.9 Å². The summed E-state index contributed by atoms with van der Waals surface area (Å²) in [4.78, 5) is 26.5. The second kappa shape index (κ2) is 11.3. The van der Waals surface area contributed by atoms with Crippen molar-refractivity contribution in [1.29, 1.82) is 0 Å². The first-order valence-electron chi connectivity index (χ1n) is 13.0. The van der Waals surface area contributed by atoms with Gasteiger partial charge >= 0.3 is 5.97 Å². The van der Waals surface area contributed by atoms with Crippen molar-refractivity contribution in [2.45, 2.75) is 52.0 Å². The Morgan fingerprint density at radius 1 is 1.00 bits per heavy atom. The lowest BCUT2D eigenvalue weighted by Gasteiger charge is -2.23. The largest absolute Gasteiger partial charge is 0.481 e. The predicted molar refractivity (Wildman–Crippen MR) is 145 cm³/mol. The highest BCUT2D eigenvalue weighted by Crippen LogP contribution is 2.34. The van der Waals surface area contributed by atoms with Crippen LogP contribution in [0.3, 0.4) is 0 Å². The maximum atomic E-state index is 13.1. The monoisotopic (exact) mass is 486 g/mol. The molecule has 1 aliphatic heterocycles. The first kappa shape index (κ1) is 25.9. The summed E-state index contributed by atoms with van der Waals surface area (Å²) in [5.41, 5.74) is 1.75. The van der Waals surface area contributed by atoms with Gasteiger partial charge in [-0.2, -0.15) is 0 Å². The third kappa shape index (κ3) is 5.96. The number of likely N-dealkylation sites (tertiary alicyclic amines) is 1. The Morgan fingerprint density at radius 3 is 2.44 bits per heavy atom. The molecular weight excluding hydrogens is 448 g/mol. The number of rotatable bonds is 10. The van der Waals surface area contributed by atoms with Crippen molar-refractivity contribution < 1.29 is 14.7 Å². The summed E-state index contributed by atoms with van der Waals surface area (Å²) in [6.45, 7) is 7.90. The topological polar surface area (TPSA) is 69.6 Å². The molecule has 1 saturated heterocycles. The molecule has 0 spiro atoms. The van der Waals surface area contributed by atoms with Crippen LogP contribution in [0.5, 0.6) is 0 Å². The van der Waals surface area contributed by atoms with E-state index in [9.17, 15) is 14.7 Å². The molecule has 4 rings (SSSR count). The van der Waals surface area contributed by atoms with Gasteiger partial charge in [-0.25, -0.2) is 0 Å². The SMILES string of the molecule is C[C@@H](NC[C@H]1CN(C(=O)CCCC(C)(C)C(=O)O)C[C@@H]1c1ccccc1)c1cccc2ccccc12. The number of amides is 1. The number of hydrogen-bond donors (Lipinski definition) is 2. The molecule has 1 aliphatic rings. The van der Waals surface area contributed by atoms with Crippen molar-refractivity contribution in [1.82, 2.24) is 10.2 Å². The zero-order valence-corrected chi connectivity index (χ0v) is 21.6. The minimum atomic E-state index is -0.813. The lowest BCUT2D eigenvalue weighted by molar-refractivity contribution is -0.147. The molecule has 0 aliphatic carbocycles. The van der Waals surface area contributed by atoms with Crippen LogP contribution in [-0.4, -0.2) is 41.5 Å². The van der Waals surface area contributed by atoms with Gasteiger partial charge in [-0.1, -0.05) is 72.8 Å². The zero-order valence-electron chi connectivity index (χ0n) is 21.6. The molecule has 3 aromatic carbocycles. The molecule has 0 unspecified atom stereocenters. The quantitative estimate of drug-likeness (QED) is 0.368. The summed E-state index contributed by atoms with van der Waals surface area (Å²) in [5.74, 6) is -0.101. The highest BCUT2D eigenvalue weighted by molar-refractivity contribution is 5.86.